The van der Waals surface area contributed by atoms with Gasteiger partial charge in [0.15, 0.2) is 6.61 Å². The number of nitrogens with zero attached hydrogens (tertiary/aromatic N) is 1. The maximum absolute atomic E-state index is 13.4. The lowest BCUT2D eigenvalue weighted by molar-refractivity contribution is -0.220. The number of nitrogens with one attached hydrogen (secondary N) is 1. The molecule has 1 heterocycles. The summed E-state index contributed by atoms with van der Waals surface area (Å²) in [5.41, 5.74) is 0. The maximum atomic E-state index is 13.4. The Hall–Kier alpha value is -2.07. The Balaban J connectivity index is 1.30. The third-order valence-corrected chi connectivity index (χ3v) is 5.78. The topological polar surface area (TPSA) is 67.9 Å². The molecule has 11 heteroatoms. The third kappa shape index (κ3) is 6.70. The minimum absolute atomic E-state index is 0.0401. The summed E-state index contributed by atoms with van der Waals surface area (Å²) in [6.07, 6.45) is -3.86. The van der Waals surface area contributed by atoms with Crippen LogP contribution in [0.4, 0.5) is 17.6 Å². The van der Waals surface area contributed by atoms with E-state index in [1.165, 1.54) is 12.1 Å². The zero-order chi connectivity index (χ0) is 22.6. The average molecular weight is 467 g/mol. The highest BCUT2D eigenvalue weighted by Crippen LogP contribution is 2.42. The number of piperidine rings is 1. The number of benzene rings is 1. The molecular formula is C20H23ClF4N2O4. The SMILES string of the molecule is O=C(COc1ccc(Cl)c(F)c1)NC1CCN(C(=O)CO[C@H]2C[C@H](C(F)(F)F)C2)CC1. The summed E-state index contributed by atoms with van der Waals surface area (Å²) in [5, 5.41) is 2.76. The molecule has 0 bridgehead atoms. The monoisotopic (exact) mass is 466 g/mol. The van der Waals surface area contributed by atoms with Crippen LogP contribution in [0.15, 0.2) is 18.2 Å². The molecule has 2 aliphatic rings. The van der Waals surface area contributed by atoms with Crippen LogP contribution < -0.4 is 10.1 Å². The molecule has 1 saturated carbocycles. The predicted molar refractivity (Wildman–Crippen MR) is 103 cm³/mol. The van der Waals surface area contributed by atoms with Crippen molar-refractivity contribution in [2.45, 2.75) is 44.0 Å². The van der Waals surface area contributed by atoms with Crippen molar-refractivity contribution in [1.82, 2.24) is 10.2 Å². The number of ether oxygens (including phenoxy) is 2. The van der Waals surface area contributed by atoms with Crippen LogP contribution in [0.3, 0.4) is 0 Å². The molecule has 6 nitrogen and oxygen atoms in total. The smallest absolute Gasteiger partial charge is 0.392 e. The molecule has 0 atom stereocenters. The Labute approximate surface area is 181 Å². The number of amides is 2. The molecule has 1 N–H and O–H groups in total. The van der Waals surface area contributed by atoms with Crippen molar-refractivity contribution in [3.8, 4) is 5.75 Å². The highest BCUT2D eigenvalue weighted by atomic mass is 35.5. The van der Waals surface area contributed by atoms with E-state index in [-0.39, 0.29) is 54.7 Å². The van der Waals surface area contributed by atoms with E-state index in [2.05, 4.69) is 5.32 Å². The van der Waals surface area contributed by atoms with Crippen LogP contribution in [0.25, 0.3) is 0 Å². The molecule has 1 aromatic carbocycles. The van der Waals surface area contributed by atoms with Crippen molar-refractivity contribution in [3.63, 3.8) is 0 Å². The fourth-order valence-electron chi connectivity index (χ4n) is 3.51. The summed E-state index contributed by atoms with van der Waals surface area (Å²) in [4.78, 5) is 25.8. The lowest BCUT2D eigenvalue weighted by Gasteiger charge is -2.37. The van der Waals surface area contributed by atoms with Crippen molar-refractivity contribution in [1.29, 1.82) is 0 Å². The second-order valence-corrected chi connectivity index (χ2v) is 8.14. The molecule has 1 saturated heterocycles. The molecule has 172 valence electrons. The van der Waals surface area contributed by atoms with Crippen molar-refractivity contribution < 1.29 is 36.6 Å². The number of carbonyl (C=O) groups excluding carboxylic acids is 2. The van der Waals surface area contributed by atoms with Crippen LogP contribution >= 0.6 is 11.6 Å². The van der Waals surface area contributed by atoms with Gasteiger partial charge in [-0.25, -0.2) is 4.39 Å². The molecule has 1 aliphatic carbocycles. The van der Waals surface area contributed by atoms with Crippen molar-refractivity contribution in [3.05, 3.63) is 29.0 Å². The van der Waals surface area contributed by atoms with Crippen LogP contribution in [0.5, 0.6) is 5.75 Å². The number of rotatable bonds is 7. The van der Waals surface area contributed by atoms with Crippen LogP contribution in [0.2, 0.25) is 5.02 Å². The Kier molecular flexibility index (Phi) is 7.64. The molecule has 31 heavy (non-hydrogen) atoms. The fraction of sp³-hybridized carbons (Fsp3) is 0.600. The van der Waals surface area contributed by atoms with Gasteiger partial charge >= 0.3 is 6.18 Å². The Morgan fingerprint density at radius 2 is 1.84 bits per heavy atom. The van der Waals surface area contributed by atoms with Crippen molar-refractivity contribution in [2.75, 3.05) is 26.3 Å². The second kappa shape index (κ2) is 10.0. The summed E-state index contributed by atoms with van der Waals surface area (Å²) >= 11 is 5.59. The minimum atomic E-state index is -4.20. The molecule has 1 aliphatic heterocycles. The van der Waals surface area contributed by atoms with Gasteiger partial charge in [0.1, 0.15) is 18.2 Å². The normalized spacial score (nSPS) is 22.0. The number of hydrogen-bond acceptors (Lipinski definition) is 4. The Morgan fingerprint density at radius 3 is 2.45 bits per heavy atom. The van der Waals surface area contributed by atoms with E-state index in [1.807, 2.05) is 0 Å². The molecule has 2 amide bonds. The molecular weight excluding hydrogens is 444 g/mol. The molecule has 0 unspecified atom stereocenters. The van der Waals surface area contributed by atoms with Gasteiger partial charge in [0.25, 0.3) is 5.91 Å². The van der Waals surface area contributed by atoms with E-state index in [0.29, 0.717) is 25.9 Å². The van der Waals surface area contributed by atoms with E-state index in [1.54, 1.807) is 4.90 Å². The maximum Gasteiger partial charge on any atom is 0.392 e. The fourth-order valence-corrected chi connectivity index (χ4v) is 3.63. The number of halogens is 5. The van der Waals surface area contributed by atoms with Gasteiger partial charge in [-0.15, -0.1) is 0 Å². The van der Waals surface area contributed by atoms with Crippen LogP contribution in [-0.4, -0.2) is 61.3 Å². The molecule has 3 rings (SSSR count). The standard InChI is InChI=1S/C20H23ClF4N2O4/c21-16-2-1-14(9-17(16)22)30-10-18(28)26-13-3-5-27(6-4-13)19(29)11-31-15-7-12(8-15)20(23,24)25/h1-2,9,12-13,15H,3-8,10-11H2,(H,26,28)/t12-,15-. The summed E-state index contributed by atoms with van der Waals surface area (Å²) < 4.78 is 61.3. The van der Waals surface area contributed by atoms with E-state index in [0.717, 1.165) is 6.07 Å². The van der Waals surface area contributed by atoms with E-state index in [4.69, 9.17) is 21.1 Å². The molecule has 2 fully saturated rings. The van der Waals surface area contributed by atoms with Crippen LogP contribution in [-0.2, 0) is 14.3 Å². The highest BCUT2D eigenvalue weighted by molar-refractivity contribution is 6.30. The lowest BCUT2D eigenvalue weighted by Crippen LogP contribution is -2.49. The first-order chi connectivity index (χ1) is 14.6. The van der Waals surface area contributed by atoms with Gasteiger partial charge in [0.2, 0.25) is 5.91 Å². The van der Waals surface area contributed by atoms with E-state index in [9.17, 15) is 27.2 Å². The van der Waals surface area contributed by atoms with E-state index >= 15 is 0 Å². The molecule has 0 aromatic heterocycles. The summed E-state index contributed by atoms with van der Waals surface area (Å²) in [5.74, 6) is -2.43. The van der Waals surface area contributed by atoms with Gasteiger partial charge in [-0.2, -0.15) is 13.2 Å². The number of hydrogen-bond donors (Lipinski definition) is 1. The van der Waals surface area contributed by atoms with Crippen LogP contribution in [0.1, 0.15) is 25.7 Å². The molecule has 1 aromatic rings. The average Bonchev–Trinajstić information content (AvgIpc) is 2.67. The summed E-state index contributed by atoms with van der Waals surface area (Å²) in [6, 6.07) is 3.74. The number of carbonyl (C=O) groups is 2. The minimum Gasteiger partial charge on any atom is -0.484 e. The summed E-state index contributed by atoms with van der Waals surface area (Å²) in [7, 11) is 0. The Morgan fingerprint density at radius 1 is 1.16 bits per heavy atom. The molecule has 0 radical (unpaired) electrons. The van der Waals surface area contributed by atoms with Gasteiger partial charge in [-0.05, 0) is 37.8 Å². The van der Waals surface area contributed by atoms with Crippen molar-refractivity contribution in [2.24, 2.45) is 5.92 Å². The van der Waals surface area contributed by atoms with Gasteiger partial charge in [0, 0.05) is 25.2 Å². The number of likely N-dealkylation sites (tertiary alicyclic amines) is 1. The van der Waals surface area contributed by atoms with Gasteiger partial charge < -0.3 is 19.7 Å². The van der Waals surface area contributed by atoms with Gasteiger partial charge in [-0.3, -0.25) is 9.59 Å². The van der Waals surface area contributed by atoms with Crippen molar-refractivity contribution >= 4 is 23.4 Å². The largest absolute Gasteiger partial charge is 0.484 e. The molecule has 0 spiro atoms. The quantitative estimate of drug-likeness (QED) is 0.626. The second-order valence-electron chi connectivity index (χ2n) is 7.73. The first kappa shape index (κ1) is 23.6. The third-order valence-electron chi connectivity index (χ3n) is 5.47. The number of alkyl halides is 3. The summed E-state index contributed by atoms with van der Waals surface area (Å²) in [6.45, 7) is 0.296. The lowest BCUT2D eigenvalue weighted by atomic mass is 9.82. The first-order valence-electron chi connectivity index (χ1n) is 9.95. The predicted octanol–water partition coefficient (Wildman–Crippen LogP) is 3.32. The zero-order valence-electron chi connectivity index (χ0n) is 16.6. The Bertz CT molecular complexity index is 794. The van der Waals surface area contributed by atoms with E-state index < -0.39 is 24.0 Å². The van der Waals surface area contributed by atoms with Gasteiger partial charge in [-0.1, -0.05) is 11.6 Å². The zero-order valence-corrected chi connectivity index (χ0v) is 17.3. The highest BCUT2D eigenvalue weighted by Gasteiger charge is 2.48. The first-order valence-corrected chi connectivity index (χ1v) is 10.3. The van der Waals surface area contributed by atoms with Gasteiger partial charge in [0.05, 0.1) is 17.0 Å². The van der Waals surface area contributed by atoms with Crippen LogP contribution in [0, 0.1) is 11.7 Å².